The van der Waals surface area contributed by atoms with E-state index in [0.717, 1.165) is 40.6 Å². The van der Waals surface area contributed by atoms with Gasteiger partial charge < -0.3 is 9.64 Å². The van der Waals surface area contributed by atoms with E-state index in [1.54, 1.807) is 0 Å². The van der Waals surface area contributed by atoms with Crippen LogP contribution >= 0.6 is 15.9 Å². The van der Waals surface area contributed by atoms with E-state index in [1.807, 2.05) is 6.21 Å². The lowest BCUT2D eigenvalue weighted by Crippen LogP contribution is -2.61. The first kappa shape index (κ1) is 19.6. The molecule has 3 aromatic carbocycles. The number of hydrogen-bond acceptors (Lipinski definition) is 3. The van der Waals surface area contributed by atoms with Crippen molar-refractivity contribution in [3.63, 3.8) is 0 Å². The van der Waals surface area contributed by atoms with Gasteiger partial charge in [0.05, 0.1) is 11.6 Å². The van der Waals surface area contributed by atoms with Crippen LogP contribution in [0.2, 0.25) is 0 Å². The van der Waals surface area contributed by atoms with E-state index in [-0.39, 0.29) is 5.41 Å². The summed E-state index contributed by atoms with van der Waals surface area (Å²) in [5, 5.41) is 3.05. The van der Waals surface area contributed by atoms with Crippen LogP contribution in [0.15, 0.2) is 53.5 Å². The molecule has 4 heteroatoms. The number of aryl methyl sites for hydroxylation is 1. The predicted octanol–water partition coefficient (Wildman–Crippen LogP) is 6.91. The first-order chi connectivity index (χ1) is 14.4. The Morgan fingerprint density at radius 3 is 2.63 bits per heavy atom. The number of anilines is 1. The lowest BCUT2D eigenvalue weighted by atomic mass is 9.75. The maximum atomic E-state index is 7.00. The van der Waals surface area contributed by atoms with E-state index in [4.69, 9.17) is 9.73 Å². The third-order valence-electron chi connectivity index (χ3n) is 6.85. The highest BCUT2D eigenvalue weighted by Gasteiger charge is 2.59. The maximum Gasteiger partial charge on any atom is 0.228 e. The van der Waals surface area contributed by atoms with Crippen LogP contribution in [0.3, 0.4) is 0 Å². The van der Waals surface area contributed by atoms with Crippen LogP contribution in [0.1, 0.15) is 43.9 Å². The number of nitrogens with zero attached hydrogens (tertiary/aromatic N) is 2. The molecule has 5 rings (SSSR count). The van der Waals surface area contributed by atoms with Gasteiger partial charge in [-0.2, -0.15) is 0 Å². The van der Waals surface area contributed by atoms with Crippen LogP contribution in [0.4, 0.5) is 11.4 Å². The van der Waals surface area contributed by atoms with E-state index in [2.05, 4.69) is 97.2 Å². The van der Waals surface area contributed by atoms with Crippen molar-refractivity contribution in [3.8, 4) is 5.75 Å². The minimum atomic E-state index is -0.661. The van der Waals surface area contributed by atoms with Crippen molar-refractivity contribution in [2.75, 3.05) is 11.9 Å². The number of ether oxygens (including phenoxy) is 1. The van der Waals surface area contributed by atoms with Crippen molar-refractivity contribution in [1.29, 1.82) is 0 Å². The highest BCUT2D eigenvalue weighted by molar-refractivity contribution is 9.08. The second-order valence-electron chi connectivity index (χ2n) is 8.87. The summed E-state index contributed by atoms with van der Waals surface area (Å²) in [5.41, 5.74) is 5.18. The Morgan fingerprint density at radius 1 is 1.07 bits per heavy atom. The van der Waals surface area contributed by atoms with Gasteiger partial charge in [-0.15, -0.1) is 0 Å². The Bertz CT molecular complexity index is 1180. The number of aliphatic imine (C=N–C) groups is 1. The molecule has 30 heavy (non-hydrogen) atoms. The molecule has 0 aliphatic carbocycles. The molecule has 0 radical (unpaired) electrons. The highest BCUT2D eigenvalue weighted by Crippen LogP contribution is 2.56. The summed E-state index contributed by atoms with van der Waals surface area (Å²) in [6.45, 7) is 6.82. The van der Waals surface area contributed by atoms with Crippen LogP contribution in [-0.2, 0) is 17.2 Å². The van der Waals surface area contributed by atoms with Gasteiger partial charge in [-0.1, -0.05) is 65.7 Å². The number of alkyl halides is 1. The summed E-state index contributed by atoms with van der Waals surface area (Å²) < 4.78 is 7.00. The van der Waals surface area contributed by atoms with Gasteiger partial charge in [0, 0.05) is 29.0 Å². The monoisotopic (exact) mass is 462 g/mol. The SMILES string of the molecule is CCCc1cccc2c1C(C)(C)C1(C=Nc3c(c(CBr)cc4ccccc34)O1)N2C. The van der Waals surface area contributed by atoms with Crippen LogP contribution in [-0.4, -0.2) is 19.0 Å². The standard InChI is InChI=1S/C26H27BrN2O/c1-5-9-17-11-8-13-21-22(17)25(2,3)26(29(21)4)16-28-23-20-12-7-6-10-18(20)14-19(15-27)24(23)30-26/h6-8,10-14,16H,5,9,15H2,1-4H3. The molecule has 2 aliphatic rings. The normalized spacial score (nSPS) is 21.0. The number of halogens is 1. The summed E-state index contributed by atoms with van der Waals surface area (Å²) >= 11 is 3.68. The predicted molar refractivity (Wildman–Crippen MR) is 130 cm³/mol. The first-order valence-corrected chi connectivity index (χ1v) is 11.8. The molecule has 0 saturated heterocycles. The maximum absolute atomic E-state index is 7.00. The Labute approximate surface area is 186 Å². The molecular formula is C26H27BrN2O. The molecule has 0 bridgehead atoms. The van der Waals surface area contributed by atoms with Crippen LogP contribution in [0, 0.1) is 0 Å². The van der Waals surface area contributed by atoms with E-state index in [0.29, 0.717) is 0 Å². The molecule has 0 fully saturated rings. The summed E-state index contributed by atoms with van der Waals surface area (Å²) in [6, 6.07) is 17.3. The lowest BCUT2D eigenvalue weighted by molar-refractivity contribution is 0.0815. The van der Waals surface area contributed by atoms with Crippen molar-refractivity contribution < 1.29 is 4.74 Å². The molecule has 0 N–H and O–H groups in total. The number of fused-ring (bicyclic) bond motifs is 4. The average Bonchev–Trinajstić information content (AvgIpc) is 2.92. The molecule has 0 amide bonds. The van der Waals surface area contributed by atoms with Crippen molar-refractivity contribution in [1.82, 2.24) is 0 Å². The Morgan fingerprint density at radius 2 is 1.87 bits per heavy atom. The molecule has 0 saturated carbocycles. The fourth-order valence-electron chi connectivity index (χ4n) is 5.33. The molecule has 1 atom stereocenters. The van der Waals surface area contributed by atoms with Gasteiger partial charge in [-0.3, -0.25) is 4.99 Å². The smallest absolute Gasteiger partial charge is 0.228 e. The third-order valence-corrected chi connectivity index (χ3v) is 7.45. The van der Waals surface area contributed by atoms with E-state index in [9.17, 15) is 0 Å². The quantitative estimate of drug-likeness (QED) is 0.395. The Hall–Kier alpha value is -2.33. The van der Waals surface area contributed by atoms with E-state index < -0.39 is 5.72 Å². The number of rotatable bonds is 3. The zero-order valence-corrected chi connectivity index (χ0v) is 19.6. The Balaban J connectivity index is 1.73. The van der Waals surface area contributed by atoms with Gasteiger partial charge >= 0.3 is 0 Å². The number of benzene rings is 3. The van der Waals surface area contributed by atoms with Gasteiger partial charge in [0.25, 0.3) is 0 Å². The molecule has 2 heterocycles. The van der Waals surface area contributed by atoms with Crippen molar-refractivity contribution in [2.45, 2.75) is 50.1 Å². The molecule has 3 nitrogen and oxygen atoms in total. The zero-order valence-electron chi connectivity index (χ0n) is 18.0. The molecule has 1 spiro atoms. The molecule has 154 valence electrons. The Kier molecular flexibility index (Phi) is 4.48. The second-order valence-corrected chi connectivity index (χ2v) is 9.43. The molecule has 0 aromatic heterocycles. The fourth-order valence-corrected chi connectivity index (χ4v) is 5.74. The molecule has 3 aromatic rings. The van der Waals surface area contributed by atoms with E-state index in [1.165, 1.54) is 22.2 Å². The summed E-state index contributed by atoms with van der Waals surface area (Å²) in [6.07, 6.45) is 4.23. The summed E-state index contributed by atoms with van der Waals surface area (Å²) in [7, 11) is 2.13. The first-order valence-electron chi connectivity index (χ1n) is 10.7. The minimum absolute atomic E-state index is 0.251. The molecule has 1 unspecified atom stereocenters. The number of likely N-dealkylation sites (N-methyl/N-ethyl adjacent to an activating group) is 1. The van der Waals surface area contributed by atoms with Crippen molar-refractivity contribution in [2.24, 2.45) is 4.99 Å². The van der Waals surface area contributed by atoms with Gasteiger partial charge in [0.1, 0.15) is 5.69 Å². The van der Waals surface area contributed by atoms with Gasteiger partial charge in [0.2, 0.25) is 5.72 Å². The van der Waals surface area contributed by atoms with Gasteiger partial charge in [-0.25, -0.2) is 0 Å². The second kappa shape index (κ2) is 6.84. The topological polar surface area (TPSA) is 24.8 Å². The lowest BCUT2D eigenvalue weighted by Gasteiger charge is -2.45. The van der Waals surface area contributed by atoms with Crippen LogP contribution in [0.25, 0.3) is 10.8 Å². The fraction of sp³-hybridized carbons (Fsp3) is 0.346. The van der Waals surface area contributed by atoms with E-state index >= 15 is 0 Å². The van der Waals surface area contributed by atoms with Crippen molar-refractivity contribution >= 4 is 44.3 Å². The number of hydrogen-bond donors (Lipinski definition) is 0. The highest BCUT2D eigenvalue weighted by atomic mass is 79.9. The zero-order chi connectivity index (χ0) is 21.1. The van der Waals surface area contributed by atoms with Crippen LogP contribution < -0.4 is 9.64 Å². The molecule has 2 aliphatic heterocycles. The van der Waals surface area contributed by atoms with Gasteiger partial charge in [0.15, 0.2) is 5.75 Å². The van der Waals surface area contributed by atoms with Gasteiger partial charge in [-0.05, 0) is 48.9 Å². The van der Waals surface area contributed by atoms with Crippen molar-refractivity contribution in [3.05, 3.63) is 65.2 Å². The summed E-state index contributed by atoms with van der Waals surface area (Å²) in [5.74, 6) is 0.887. The van der Waals surface area contributed by atoms with Crippen LogP contribution in [0.5, 0.6) is 5.75 Å². The third kappa shape index (κ3) is 2.46. The largest absolute Gasteiger partial charge is 0.459 e. The summed E-state index contributed by atoms with van der Waals surface area (Å²) in [4.78, 5) is 7.34. The molecular weight excluding hydrogens is 436 g/mol. The average molecular weight is 463 g/mol. The minimum Gasteiger partial charge on any atom is -0.459 e.